The van der Waals surface area contributed by atoms with Crippen LogP contribution in [-0.4, -0.2) is 30.0 Å². The van der Waals surface area contributed by atoms with E-state index in [-0.39, 0.29) is 30.0 Å². The van der Waals surface area contributed by atoms with Crippen molar-refractivity contribution in [3.05, 3.63) is 39.4 Å². The molecule has 1 aliphatic heterocycles. The number of carbonyl (C=O) groups is 1. The standard InChI is InChI=1S/C13H17N3O3.ClH/c1-9-7-11(16(18)19)4-5-12(9)13(17)15-10-3-2-6-14-8-10;/h4-5,7,10,14H,2-3,6,8H2,1H3,(H,15,17);1H/t10-;/m0./s1. The van der Waals surface area contributed by atoms with E-state index in [0.29, 0.717) is 11.1 Å². The smallest absolute Gasteiger partial charge is 0.269 e. The van der Waals surface area contributed by atoms with Crippen molar-refractivity contribution < 1.29 is 9.72 Å². The third-order valence-electron chi connectivity index (χ3n) is 3.30. The van der Waals surface area contributed by atoms with Gasteiger partial charge in [-0.1, -0.05) is 0 Å². The van der Waals surface area contributed by atoms with Crippen LogP contribution in [-0.2, 0) is 0 Å². The molecule has 0 bridgehead atoms. The Balaban J connectivity index is 0.00000200. The zero-order valence-electron chi connectivity index (χ0n) is 11.2. The Kier molecular flexibility index (Phi) is 5.91. The minimum atomic E-state index is -0.459. The lowest BCUT2D eigenvalue weighted by atomic mass is 10.0. The van der Waals surface area contributed by atoms with Gasteiger partial charge in [-0.2, -0.15) is 0 Å². The molecule has 2 N–H and O–H groups in total. The van der Waals surface area contributed by atoms with E-state index in [0.717, 1.165) is 25.9 Å². The number of carbonyl (C=O) groups excluding carboxylic acids is 1. The first-order chi connectivity index (χ1) is 9.08. The van der Waals surface area contributed by atoms with E-state index in [1.165, 1.54) is 18.2 Å². The highest BCUT2D eigenvalue weighted by Crippen LogP contribution is 2.17. The summed E-state index contributed by atoms with van der Waals surface area (Å²) in [7, 11) is 0. The molecule has 6 nitrogen and oxygen atoms in total. The molecule has 0 aromatic heterocycles. The molecule has 0 radical (unpaired) electrons. The molecule has 1 amide bonds. The van der Waals surface area contributed by atoms with Gasteiger partial charge in [0, 0.05) is 30.3 Å². The van der Waals surface area contributed by atoms with Crippen molar-refractivity contribution in [2.45, 2.75) is 25.8 Å². The van der Waals surface area contributed by atoms with Gasteiger partial charge in [-0.3, -0.25) is 14.9 Å². The van der Waals surface area contributed by atoms with Crippen molar-refractivity contribution in [3.8, 4) is 0 Å². The van der Waals surface area contributed by atoms with Gasteiger partial charge in [0.05, 0.1) is 4.92 Å². The lowest BCUT2D eigenvalue weighted by Gasteiger charge is -2.24. The van der Waals surface area contributed by atoms with Crippen LogP contribution in [0.5, 0.6) is 0 Å². The maximum absolute atomic E-state index is 12.1. The molecule has 0 unspecified atom stereocenters. The van der Waals surface area contributed by atoms with Crippen LogP contribution in [0.1, 0.15) is 28.8 Å². The summed E-state index contributed by atoms with van der Waals surface area (Å²) in [6.45, 7) is 3.47. The van der Waals surface area contributed by atoms with Crippen LogP contribution < -0.4 is 10.6 Å². The second-order valence-electron chi connectivity index (χ2n) is 4.77. The number of benzene rings is 1. The second kappa shape index (κ2) is 7.21. The molecule has 2 rings (SSSR count). The van der Waals surface area contributed by atoms with Crippen molar-refractivity contribution in [1.82, 2.24) is 10.6 Å². The number of hydrogen-bond donors (Lipinski definition) is 2. The summed E-state index contributed by atoms with van der Waals surface area (Å²) < 4.78 is 0. The first-order valence-corrected chi connectivity index (χ1v) is 6.34. The molecule has 7 heteroatoms. The molecule has 110 valence electrons. The average Bonchev–Trinajstić information content (AvgIpc) is 2.39. The van der Waals surface area contributed by atoms with Gasteiger partial charge in [-0.15, -0.1) is 12.4 Å². The van der Waals surface area contributed by atoms with E-state index in [1.54, 1.807) is 6.92 Å². The molecule has 0 saturated carbocycles. The number of halogens is 1. The fourth-order valence-corrected chi connectivity index (χ4v) is 2.25. The normalized spacial score (nSPS) is 17.9. The lowest BCUT2D eigenvalue weighted by molar-refractivity contribution is -0.384. The molecule has 1 heterocycles. The molecular formula is C13H18ClN3O3. The van der Waals surface area contributed by atoms with Gasteiger partial charge in [0.25, 0.3) is 11.6 Å². The summed E-state index contributed by atoms with van der Waals surface area (Å²) >= 11 is 0. The maximum Gasteiger partial charge on any atom is 0.269 e. The summed E-state index contributed by atoms with van der Waals surface area (Å²) in [5, 5.41) is 16.8. The van der Waals surface area contributed by atoms with Gasteiger partial charge >= 0.3 is 0 Å². The van der Waals surface area contributed by atoms with E-state index in [9.17, 15) is 14.9 Å². The van der Waals surface area contributed by atoms with Crippen molar-refractivity contribution in [1.29, 1.82) is 0 Å². The minimum Gasteiger partial charge on any atom is -0.348 e. The molecule has 1 aliphatic rings. The Bertz CT molecular complexity index is 502. The molecule has 0 spiro atoms. The van der Waals surface area contributed by atoms with E-state index in [1.807, 2.05) is 0 Å². The quantitative estimate of drug-likeness (QED) is 0.658. The molecule has 0 aliphatic carbocycles. The van der Waals surface area contributed by atoms with Gasteiger partial charge in [0.1, 0.15) is 0 Å². The average molecular weight is 300 g/mol. The molecule has 1 aromatic carbocycles. The third-order valence-corrected chi connectivity index (χ3v) is 3.30. The summed E-state index contributed by atoms with van der Waals surface area (Å²) in [5.74, 6) is -0.166. The van der Waals surface area contributed by atoms with E-state index >= 15 is 0 Å². The van der Waals surface area contributed by atoms with Crippen LogP contribution in [0.15, 0.2) is 18.2 Å². The monoisotopic (exact) mass is 299 g/mol. The van der Waals surface area contributed by atoms with Crippen molar-refractivity contribution in [3.63, 3.8) is 0 Å². The van der Waals surface area contributed by atoms with Crippen LogP contribution in [0.3, 0.4) is 0 Å². The first-order valence-electron chi connectivity index (χ1n) is 6.34. The SMILES string of the molecule is Cc1cc([N+](=O)[O-])ccc1C(=O)N[C@H]1CCCNC1.Cl. The number of non-ortho nitro benzene ring substituents is 1. The number of nitro groups is 1. The summed E-state index contributed by atoms with van der Waals surface area (Å²) in [4.78, 5) is 22.3. The Hall–Kier alpha value is -1.66. The number of amides is 1. The maximum atomic E-state index is 12.1. The number of aryl methyl sites for hydroxylation is 1. The van der Waals surface area contributed by atoms with Crippen LogP contribution in [0.25, 0.3) is 0 Å². The van der Waals surface area contributed by atoms with E-state index < -0.39 is 4.92 Å². The Morgan fingerprint density at radius 3 is 2.80 bits per heavy atom. The molecule has 1 aromatic rings. The van der Waals surface area contributed by atoms with Crippen LogP contribution >= 0.6 is 12.4 Å². The number of rotatable bonds is 3. The molecular weight excluding hydrogens is 282 g/mol. The Morgan fingerprint density at radius 1 is 1.50 bits per heavy atom. The van der Waals surface area contributed by atoms with Gasteiger partial charge < -0.3 is 10.6 Å². The Morgan fingerprint density at radius 2 is 2.25 bits per heavy atom. The number of nitrogens with one attached hydrogen (secondary N) is 2. The predicted octanol–water partition coefficient (Wildman–Crippen LogP) is 1.81. The zero-order valence-corrected chi connectivity index (χ0v) is 12.0. The van der Waals surface area contributed by atoms with Crippen molar-refractivity contribution >= 4 is 24.0 Å². The van der Waals surface area contributed by atoms with Crippen molar-refractivity contribution in [2.24, 2.45) is 0 Å². The third kappa shape index (κ3) is 3.91. The zero-order chi connectivity index (χ0) is 13.8. The summed E-state index contributed by atoms with van der Waals surface area (Å²) in [6, 6.07) is 4.43. The minimum absolute atomic E-state index is 0. The van der Waals surface area contributed by atoms with E-state index in [2.05, 4.69) is 10.6 Å². The highest BCUT2D eigenvalue weighted by molar-refractivity contribution is 5.96. The van der Waals surface area contributed by atoms with E-state index in [4.69, 9.17) is 0 Å². The molecule has 1 saturated heterocycles. The fraction of sp³-hybridized carbons (Fsp3) is 0.462. The molecule has 20 heavy (non-hydrogen) atoms. The van der Waals surface area contributed by atoms with Crippen LogP contribution in [0.2, 0.25) is 0 Å². The number of nitrogens with zero attached hydrogens (tertiary/aromatic N) is 1. The number of piperidine rings is 1. The van der Waals surface area contributed by atoms with Crippen LogP contribution in [0, 0.1) is 17.0 Å². The predicted molar refractivity (Wildman–Crippen MR) is 78.4 cm³/mol. The summed E-state index contributed by atoms with van der Waals surface area (Å²) in [6.07, 6.45) is 2.01. The highest BCUT2D eigenvalue weighted by Gasteiger charge is 2.18. The van der Waals surface area contributed by atoms with Gasteiger partial charge in [-0.25, -0.2) is 0 Å². The highest BCUT2D eigenvalue weighted by atomic mass is 35.5. The molecule has 1 fully saturated rings. The first kappa shape index (κ1) is 16.4. The number of nitro benzene ring substituents is 1. The van der Waals surface area contributed by atoms with Crippen LogP contribution in [0.4, 0.5) is 5.69 Å². The van der Waals surface area contributed by atoms with Gasteiger partial charge in [-0.05, 0) is 37.9 Å². The summed E-state index contributed by atoms with van der Waals surface area (Å²) in [5.41, 5.74) is 1.13. The van der Waals surface area contributed by atoms with Gasteiger partial charge in [0.15, 0.2) is 0 Å². The molecule has 1 atom stereocenters. The van der Waals surface area contributed by atoms with Crippen molar-refractivity contribution in [2.75, 3.05) is 13.1 Å². The topological polar surface area (TPSA) is 84.3 Å². The Labute approximate surface area is 123 Å². The number of hydrogen-bond acceptors (Lipinski definition) is 4. The largest absolute Gasteiger partial charge is 0.348 e. The van der Waals surface area contributed by atoms with Gasteiger partial charge in [0.2, 0.25) is 0 Å². The fourth-order valence-electron chi connectivity index (χ4n) is 2.25. The second-order valence-corrected chi connectivity index (χ2v) is 4.77. The lowest BCUT2D eigenvalue weighted by Crippen LogP contribution is -2.45.